The van der Waals surface area contributed by atoms with E-state index in [-0.39, 0.29) is 18.7 Å². The van der Waals surface area contributed by atoms with Crippen LogP contribution in [-0.4, -0.2) is 56.7 Å². The van der Waals surface area contributed by atoms with Gasteiger partial charge in [-0.3, -0.25) is 14.5 Å². The average molecular weight is 377 g/mol. The fraction of sp³-hybridized carbons (Fsp3) is 0.353. The van der Waals surface area contributed by atoms with Crippen molar-refractivity contribution >= 4 is 29.5 Å². The molecule has 0 aliphatic carbocycles. The topological polar surface area (TPSA) is 133 Å². The van der Waals surface area contributed by atoms with Gasteiger partial charge in [-0.1, -0.05) is 30.3 Å². The number of hydrogen-bond donors (Lipinski definition) is 4. The number of benzene rings is 1. The van der Waals surface area contributed by atoms with Gasteiger partial charge in [0.25, 0.3) is 5.91 Å². The number of aliphatic hydroxyl groups is 1. The first-order valence-corrected chi connectivity index (χ1v) is 9.12. The Balaban J connectivity index is 1.73. The smallest absolute Gasteiger partial charge is 0.352 e. The lowest BCUT2D eigenvalue weighted by atomic mass is 10.0. The molecule has 26 heavy (non-hydrogen) atoms. The van der Waals surface area contributed by atoms with Gasteiger partial charge in [0.05, 0.1) is 0 Å². The van der Waals surface area contributed by atoms with Gasteiger partial charge < -0.3 is 21.3 Å². The summed E-state index contributed by atoms with van der Waals surface area (Å²) in [6.07, 6.45) is 0.195. The van der Waals surface area contributed by atoms with Gasteiger partial charge in [0.15, 0.2) is 0 Å². The number of carboxylic acid groups (broad SMARTS) is 1. The number of carboxylic acids is 1. The average Bonchev–Trinajstić information content (AvgIpc) is 2.65. The first-order valence-electron chi connectivity index (χ1n) is 8.07. The van der Waals surface area contributed by atoms with E-state index in [1.807, 2.05) is 6.07 Å². The predicted octanol–water partition coefficient (Wildman–Crippen LogP) is -0.193. The zero-order chi connectivity index (χ0) is 18.8. The minimum Gasteiger partial charge on any atom is -0.477 e. The quantitative estimate of drug-likeness (QED) is 0.505. The number of nitrogens with one attached hydrogen (secondary N) is 1. The van der Waals surface area contributed by atoms with E-state index in [9.17, 15) is 19.5 Å². The monoisotopic (exact) mass is 377 g/mol. The van der Waals surface area contributed by atoms with Crippen LogP contribution in [0.15, 0.2) is 41.6 Å². The third kappa shape index (κ3) is 3.20. The third-order valence-corrected chi connectivity index (χ3v) is 5.74. The molecule has 3 rings (SSSR count). The van der Waals surface area contributed by atoms with Gasteiger partial charge in [-0.25, -0.2) is 4.79 Å². The Bertz CT molecular complexity index is 767. The summed E-state index contributed by atoms with van der Waals surface area (Å²) in [6, 6.07) is 7.06. The van der Waals surface area contributed by atoms with Crippen molar-refractivity contribution < 1.29 is 24.6 Å². The summed E-state index contributed by atoms with van der Waals surface area (Å²) in [4.78, 5) is 37.6. The van der Waals surface area contributed by atoms with Crippen LogP contribution in [0.5, 0.6) is 0 Å². The van der Waals surface area contributed by atoms with E-state index < -0.39 is 35.2 Å². The van der Waals surface area contributed by atoms with E-state index in [4.69, 9.17) is 10.8 Å². The van der Waals surface area contributed by atoms with Gasteiger partial charge in [0.1, 0.15) is 23.2 Å². The molecule has 0 radical (unpaired) electrons. The zero-order valence-corrected chi connectivity index (χ0v) is 14.6. The molecule has 0 saturated carbocycles. The second-order valence-corrected chi connectivity index (χ2v) is 7.12. The molecule has 0 unspecified atom stereocenters. The number of nitrogens with zero attached hydrogens (tertiary/aromatic N) is 1. The summed E-state index contributed by atoms with van der Waals surface area (Å²) in [5.74, 6) is -1.80. The van der Waals surface area contributed by atoms with Gasteiger partial charge in [-0.05, 0) is 17.6 Å². The molecule has 5 N–H and O–H groups in total. The SMILES string of the molecule is N[C@@H](C(=O)N[C@@H]1C(=O)N2C(C(=O)O)=C(CCO)CS[C@H]12)c1ccccc1. The van der Waals surface area contributed by atoms with E-state index >= 15 is 0 Å². The van der Waals surface area contributed by atoms with Crippen molar-refractivity contribution in [2.75, 3.05) is 12.4 Å². The van der Waals surface area contributed by atoms with E-state index in [0.717, 1.165) is 0 Å². The Morgan fingerprint density at radius 3 is 2.65 bits per heavy atom. The van der Waals surface area contributed by atoms with Crippen LogP contribution in [0.4, 0.5) is 0 Å². The molecule has 0 spiro atoms. The predicted molar refractivity (Wildman–Crippen MR) is 94.8 cm³/mol. The molecule has 2 heterocycles. The molecule has 3 atom stereocenters. The van der Waals surface area contributed by atoms with Crippen molar-refractivity contribution in [1.29, 1.82) is 0 Å². The summed E-state index contributed by atoms with van der Waals surface area (Å²) >= 11 is 1.36. The molecule has 1 fully saturated rings. The maximum Gasteiger partial charge on any atom is 0.352 e. The molecule has 2 aliphatic heterocycles. The second kappa shape index (κ2) is 7.48. The highest BCUT2D eigenvalue weighted by Crippen LogP contribution is 2.41. The molecule has 1 aromatic rings. The van der Waals surface area contributed by atoms with Crippen LogP contribution < -0.4 is 11.1 Å². The molecule has 1 aromatic carbocycles. The van der Waals surface area contributed by atoms with Gasteiger partial charge in [0.2, 0.25) is 5.91 Å². The largest absolute Gasteiger partial charge is 0.477 e. The molecular formula is C17H19N3O5S. The lowest BCUT2D eigenvalue weighted by molar-refractivity contribution is -0.150. The van der Waals surface area contributed by atoms with Crippen LogP contribution in [-0.2, 0) is 14.4 Å². The van der Waals surface area contributed by atoms with Gasteiger partial charge >= 0.3 is 5.97 Å². The fourth-order valence-corrected chi connectivity index (χ4v) is 4.45. The molecule has 8 nitrogen and oxygen atoms in total. The third-order valence-electron chi connectivity index (χ3n) is 4.40. The molecule has 0 aromatic heterocycles. The Kier molecular flexibility index (Phi) is 5.30. The molecular weight excluding hydrogens is 358 g/mol. The number of β-lactam (4-membered cyclic amide) rings is 1. The van der Waals surface area contributed by atoms with E-state index in [2.05, 4.69) is 5.32 Å². The van der Waals surface area contributed by atoms with E-state index in [1.54, 1.807) is 24.3 Å². The lowest BCUT2D eigenvalue weighted by Gasteiger charge is -2.49. The summed E-state index contributed by atoms with van der Waals surface area (Å²) in [5.41, 5.74) is 6.99. The maximum absolute atomic E-state index is 12.5. The van der Waals surface area contributed by atoms with E-state index in [1.165, 1.54) is 16.7 Å². The van der Waals surface area contributed by atoms with E-state index in [0.29, 0.717) is 16.9 Å². The van der Waals surface area contributed by atoms with Crippen LogP contribution in [0.25, 0.3) is 0 Å². The Hall–Kier alpha value is -2.36. The summed E-state index contributed by atoms with van der Waals surface area (Å²) < 4.78 is 0. The number of fused-ring (bicyclic) bond motifs is 1. The lowest BCUT2D eigenvalue weighted by Crippen LogP contribution is -2.71. The number of aliphatic carboxylic acids is 1. The number of hydrogen-bond acceptors (Lipinski definition) is 6. The summed E-state index contributed by atoms with van der Waals surface area (Å²) in [6.45, 7) is -0.189. The highest BCUT2D eigenvalue weighted by Gasteiger charge is 2.54. The van der Waals surface area contributed by atoms with Gasteiger partial charge in [-0.15, -0.1) is 11.8 Å². The van der Waals surface area contributed by atoms with Crippen molar-refractivity contribution in [3.63, 3.8) is 0 Å². The highest BCUT2D eigenvalue weighted by molar-refractivity contribution is 8.00. The number of carbonyl (C=O) groups is 3. The van der Waals surface area contributed by atoms with Crippen molar-refractivity contribution in [2.45, 2.75) is 23.9 Å². The van der Waals surface area contributed by atoms with Crippen LogP contribution in [0, 0.1) is 0 Å². The van der Waals surface area contributed by atoms with Crippen molar-refractivity contribution in [2.24, 2.45) is 5.73 Å². The van der Waals surface area contributed by atoms with Crippen molar-refractivity contribution in [3.8, 4) is 0 Å². The van der Waals surface area contributed by atoms with Crippen LogP contribution in [0.1, 0.15) is 18.0 Å². The van der Waals surface area contributed by atoms with Crippen molar-refractivity contribution in [1.82, 2.24) is 10.2 Å². The van der Waals surface area contributed by atoms with Crippen LogP contribution >= 0.6 is 11.8 Å². The molecule has 0 bridgehead atoms. The number of aliphatic hydroxyl groups excluding tert-OH is 1. The van der Waals surface area contributed by atoms with Gasteiger partial charge in [0, 0.05) is 12.4 Å². The Morgan fingerprint density at radius 1 is 1.35 bits per heavy atom. The minimum absolute atomic E-state index is 0.0920. The standard InChI is InChI=1S/C17H19N3O5S/c18-11(9-4-2-1-3-5-9)14(22)19-12-15(23)20-13(17(24)25)10(6-7-21)8-26-16(12)20/h1-5,11-12,16,21H,6-8,18H2,(H,19,22)(H,24,25)/t11-,12-,16-/m1/s1. The highest BCUT2D eigenvalue weighted by atomic mass is 32.2. The molecule has 138 valence electrons. The van der Waals surface area contributed by atoms with Crippen LogP contribution in [0.3, 0.4) is 0 Å². The summed E-state index contributed by atoms with van der Waals surface area (Å²) in [7, 11) is 0. The number of nitrogens with two attached hydrogens (primary N) is 1. The zero-order valence-electron chi connectivity index (χ0n) is 13.8. The fourth-order valence-electron chi connectivity index (χ4n) is 3.06. The Labute approximate surface area is 154 Å². The Morgan fingerprint density at radius 2 is 2.04 bits per heavy atom. The first-order chi connectivity index (χ1) is 12.5. The van der Waals surface area contributed by atoms with Crippen molar-refractivity contribution in [3.05, 3.63) is 47.2 Å². The number of amides is 2. The molecule has 2 amide bonds. The molecule has 2 aliphatic rings. The normalized spacial score (nSPS) is 23.2. The first kappa shape index (κ1) is 18.4. The maximum atomic E-state index is 12.5. The summed E-state index contributed by atoms with van der Waals surface area (Å²) in [5, 5.41) is 20.7. The molecule has 9 heteroatoms. The van der Waals surface area contributed by atoms with Gasteiger partial charge in [-0.2, -0.15) is 0 Å². The van der Waals surface area contributed by atoms with Crippen LogP contribution in [0.2, 0.25) is 0 Å². The second-order valence-electron chi connectivity index (χ2n) is 6.02. The number of thioether (sulfide) groups is 1. The minimum atomic E-state index is -1.21. The number of carbonyl (C=O) groups excluding carboxylic acids is 2. The molecule has 1 saturated heterocycles. The number of rotatable bonds is 6.